The fourth-order valence-electron chi connectivity index (χ4n) is 4.14. The van der Waals surface area contributed by atoms with Gasteiger partial charge in [-0.2, -0.15) is 4.31 Å². The van der Waals surface area contributed by atoms with E-state index in [1.165, 1.54) is 29.6 Å². The van der Waals surface area contributed by atoms with Crippen molar-refractivity contribution in [3.63, 3.8) is 0 Å². The minimum Gasteiger partial charge on any atom is -0.481 e. The Labute approximate surface area is 207 Å². The molecule has 0 bridgehead atoms. The highest BCUT2D eigenvalue weighted by Gasteiger charge is 2.26. The molecule has 2 aromatic carbocycles. The number of carbonyl (C=O) groups excluding carboxylic acids is 1. The fraction of sp³-hybridized carbons (Fsp3) is 0.360. The summed E-state index contributed by atoms with van der Waals surface area (Å²) in [6.07, 6.45) is 0.635. The van der Waals surface area contributed by atoms with Gasteiger partial charge in [-0.25, -0.2) is 17.6 Å². The summed E-state index contributed by atoms with van der Waals surface area (Å²) in [5, 5.41) is -0.00221. The number of sulfonamides is 1. The molecule has 1 aliphatic rings. The molecule has 0 amide bonds. The number of esters is 1. The van der Waals surface area contributed by atoms with E-state index in [9.17, 15) is 22.4 Å². The lowest BCUT2D eigenvalue weighted by atomic mass is 9.99. The highest BCUT2D eigenvalue weighted by atomic mass is 32.2. The summed E-state index contributed by atoms with van der Waals surface area (Å²) in [7, 11) is -2.43. The molecule has 0 saturated carbocycles. The Morgan fingerprint density at radius 1 is 1.14 bits per heavy atom. The van der Waals surface area contributed by atoms with Gasteiger partial charge in [0.15, 0.2) is 12.0 Å². The van der Waals surface area contributed by atoms with Crippen LogP contribution in [-0.2, 0) is 37.1 Å². The predicted molar refractivity (Wildman–Crippen MR) is 130 cm³/mol. The Morgan fingerprint density at radius 3 is 2.47 bits per heavy atom. The standard InChI is InChI=1S/C25H27FN2O7S/c1-3-20-18(14-16-4-6-17(7-5-16)36(31,32)28-10-12-34-13-11-28)25(30)23-21(35-15-22(29)33-2)9-8-19(26)24(23)27-20/h4-9H,3,10-15H2,1-2H3,(H,27,30). The number of fused-ring (bicyclic) bond motifs is 1. The molecule has 1 fully saturated rings. The highest BCUT2D eigenvalue weighted by molar-refractivity contribution is 7.89. The number of hydrogen-bond donors (Lipinski definition) is 1. The molecule has 192 valence electrons. The number of nitrogens with one attached hydrogen (secondary N) is 1. The SMILES string of the molecule is CCc1[nH]c2c(F)ccc(OCC(=O)OC)c2c(=O)c1Cc1ccc(S(=O)(=O)N2CCOCC2)cc1. The van der Waals surface area contributed by atoms with Gasteiger partial charge in [0.05, 0.1) is 36.1 Å². The number of morpholine rings is 1. The number of ether oxygens (including phenoxy) is 3. The maximum absolute atomic E-state index is 14.6. The van der Waals surface area contributed by atoms with Crippen LogP contribution in [0.2, 0.25) is 0 Å². The number of aromatic nitrogens is 1. The normalized spacial score (nSPS) is 14.6. The predicted octanol–water partition coefficient (Wildman–Crippen LogP) is 2.39. The number of H-pyrrole nitrogens is 1. The lowest BCUT2D eigenvalue weighted by Crippen LogP contribution is -2.40. The monoisotopic (exact) mass is 518 g/mol. The molecule has 1 aliphatic heterocycles. The van der Waals surface area contributed by atoms with Crippen molar-refractivity contribution in [1.82, 2.24) is 9.29 Å². The van der Waals surface area contributed by atoms with E-state index in [2.05, 4.69) is 9.72 Å². The summed E-state index contributed by atoms with van der Waals surface area (Å²) >= 11 is 0. The van der Waals surface area contributed by atoms with Crippen LogP contribution >= 0.6 is 0 Å². The second-order valence-corrected chi connectivity index (χ2v) is 10.2. The number of aryl methyl sites for hydroxylation is 1. The van der Waals surface area contributed by atoms with Gasteiger partial charge in [-0.1, -0.05) is 19.1 Å². The maximum atomic E-state index is 14.6. The van der Waals surface area contributed by atoms with Crippen LogP contribution in [0.4, 0.5) is 4.39 Å². The number of carbonyl (C=O) groups is 1. The highest BCUT2D eigenvalue weighted by Crippen LogP contribution is 2.27. The van der Waals surface area contributed by atoms with E-state index in [-0.39, 0.29) is 28.0 Å². The van der Waals surface area contributed by atoms with E-state index in [1.54, 1.807) is 12.1 Å². The lowest BCUT2D eigenvalue weighted by molar-refractivity contribution is -0.142. The van der Waals surface area contributed by atoms with Crippen LogP contribution in [-0.4, -0.2) is 63.7 Å². The molecule has 0 unspecified atom stereocenters. The molecule has 0 spiro atoms. The van der Waals surface area contributed by atoms with Crippen LogP contribution in [0.15, 0.2) is 46.1 Å². The third-order valence-corrected chi connectivity index (χ3v) is 8.01. The Bertz CT molecular complexity index is 1430. The van der Waals surface area contributed by atoms with Crippen molar-refractivity contribution in [2.75, 3.05) is 40.0 Å². The van der Waals surface area contributed by atoms with Crippen molar-refractivity contribution < 1.29 is 31.8 Å². The largest absolute Gasteiger partial charge is 0.481 e. The number of hydrogen-bond acceptors (Lipinski definition) is 7. The molecule has 1 saturated heterocycles. The van der Waals surface area contributed by atoms with Crippen molar-refractivity contribution in [3.8, 4) is 5.75 Å². The van der Waals surface area contributed by atoms with Gasteiger partial charge in [-0.05, 0) is 36.2 Å². The molecular weight excluding hydrogens is 491 g/mol. The average Bonchev–Trinajstić information content (AvgIpc) is 2.90. The van der Waals surface area contributed by atoms with Gasteiger partial charge in [-0.3, -0.25) is 4.79 Å². The Hall–Kier alpha value is -3.28. The first-order valence-electron chi connectivity index (χ1n) is 11.5. The number of rotatable bonds is 8. The topological polar surface area (TPSA) is 115 Å². The minimum absolute atomic E-state index is 0.00221. The number of nitrogens with zero attached hydrogens (tertiary/aromatic N) is 1. The van der Waals surface area contributed by atoms with E-state index in [1.807, 2.05) is 6.92 Å². The van der Waals surface area contributed by atoms with Crippen molar-refractivity contribution in [2.24, 2.45) is 0 Å². The molecule has 1 N–H and O–H groups in total. The van der Waals surface area contributed by atoms with E-state index < -0.39 is 33.8 Å². The van der Waals surface area contributed by atoms with Gasteiger partial charge >= 0.3 is 5.97 Å². The van der Waals surface area contributed by atoms with E-state index in [0.29, 0.717) is 49.5 Å². The third kappa shape index (κ3) is 5.13. The van der Waals surface area contributed by atoms with Gasteiger partial charge < -0.3 is 19.2 Å². The first-order chi connectivity index (χ1) is 17.3. The summed E-state index contributed by atoms with van der Waals surface area (Å²) in [5.41, 5.74) is 1.24. The second kappa shape index (κ2) is 10.8. The number of pyridine rings is 1. The van der Waals surface area contributed by atoms with Crippen LogP contribution in [0.5, 0.6) is 5.75 Å². The summed E-state index contributed by atoms with van der Waals surface area (Å²) in [5.74, 6) is -1.19. The van der Waals surface area contributed by atoms with Crippen molar-refractivity contribution in [2.45, 2.75) is 24.7 Å². The Morgan fingerprint density at radius 2 is 1.83 bits per heavy atom. The van der Waals surface area contributed by atoms with Crippen LogP contribution in [0.1, 0.15) is 23.7 Å². The van der Waals surface area contributed by atoms with E-state index in [4.69, 9.17) is 9.47 Å². The third-order valence-electron chi connectivity index (χ3n) is 6.10. The molecule has 2 heterocycles. The van der Waals surface area contributed by atoms with Gasteiger partial charge in [0.25, 0.3) is 0 Å². The number of benzene rings is 2. The number of methoxy groups -OCH3 is 1. The molecule has 11 heteroatoms. The zero-order valence-electron chi connectivity index (χ0n) is 20.0. The summed E-state index contributed by atoms with van der Waals surface area (Å²) in [6.45, 7) is 2.72. The first-order valence-corrected chi connectivity index (χ1v) is 12.9. The summed E-state index contributed by atoms with van der Waals surface area (Å²) in [4.78, 5) is 28.2. The fourth-order valence-corrected chi connectivity index (χ4v) is 5.55. The molecule has 36 heavy (non-hydrogen) atoms. The van der Waals surface area contributed by atoms with Gasteiger partial charge in [0, 0.05) is 30.8 Å². The smallest absolute Gasteiger partial charge is 0.343 e. The molecule has 0 atom stereocenters. The van der Waals surface area contributed by atoms with Crippen LogP contribution in [0.3, 0.4) is 0 Å². The number of aromatic amines is 1. The first kappa shape index (κ1) is 25.8. The quantitative estimate of drug-likeness (QED) is 0.456. The van der Waals surface area contributed by atoms with Crippen LogP contribution in [0.25, 0.3) is 10.9 Å². The number of halogens is 1. The molecule has 1 aromatic heterocycles. The molecule has 0 aliphatic carbocycles. The van der Waals surface area contributed by atoms with E-state index in [0.717, 1.165) is 6.07 Å². The zero-order chi connectivity index (χ0) is 25.9. The van der Waals surface area contributed by atoms with Crippen molar-refractivity contribution in [1.29, 1.82) is 0 Å². The Balaban J connectivity index is 1.69. The lowest BCUT2D eigenvalue weighted by Gasteiger charge is -2.26. The van der Waals surface area contributed by atoms with Gasteiger partial charge in [0.1, 0.15) is 11.6 Å². The second-order valence-electron chi connectivity index (χ2n) is 8.26. The zero-order valence-corrected chi connectivity index (χ0v) is 20.8. The Kier molecular flexibility index (Phi) is 7.72. The van der Waals surface area contributed by atoms with Crippen molar-refractivity contribution >= 4 is 26.9 Å². The van der Waals surface area contributed by atoms with Crippen molar-refractivity contribution in [3.05, 3.63) is 69.3 Å². The summed E-state index contributed by atoms with van der Waals surface area (Å²) < 4.78 is 57.0. The average molecular weight is 519 g/mol. The molecule has 9 nitrogen and oxygen atoms in total. The van der Waals surface area contributed by atoms with E-state index >= 15 is 0 Å². The molecular formula is C25H27FN2O7S. The maximum Gasteiger partial charge on any atom is 0.343 e. The van der Waals surface area contributed by atoms with Crippen LogP contribution < -0.4 is 10.2 Å². The van der Waals surface area contributed by atoms with Crippen LogP contribution in [0, 0.1) is 5.82 Å². The molecule has 0 radical (unpaired) electrons. The van der Waals surface area contributed by atoms with Gasteiger partial charge in [-0.15, -0.1) is 0 Å². The molecule has 4 rings (SSSR count). The molecule has 3 aromatic rings. The van der Waals surface area contributed by atoms with Gasteiger partial charge in [0.2, 0.25) is 10.0 Å². The minimum atomic E-state index is -3.64. The summed E-state index contributed by atoms with van der Waals surface area (Å²) in [6, 6.07) is 8.83.